The number of benzene rings is 4. The Balaban J connectivity index is 1.41. The highest BCUT2D eigenvalue weighted by molar-refractivity contribution is 7.86. The first kappa shape index (κ1) is 34.5. The molecule has 0 aromatic heterocycles. The molecule has 250 valence electrons. The summed E-state index contributed by atoms with van der Waals surface area (Å²) in [4.78, 5) is 39.9. The van der Waals surface area contributed by atoms with Crippen LogP contribution in [0.5, 0.6) is 0 Å². The van der Waals surface area contributed by atoms with E-state index in [0.29, 0.717) is 0 Å². The van der Waals surface area contributed by atoms with Crippen molar-refractivity contribution in [1.82, 2.24) is 0 Å². The molecule has 1 aliphatic rings. The third kappa shape index (κ3) is 8.72. The third-order valence-electron chi connectivity index (χ3n) is 7.40. The Hall–Kier alpha value is -4.88. The van der Waals surface area contributed by atoms with Gasteiger partial charge in [-0.3, -0.25) is 4.18 Å². The molecule has 12 heteroatoms. The van der Waals surface area contributed by atoms with Crippen molar-refractivity contribution in [3.63, 3.8) is 0 Å². The topological polar surface area (TPSA) is 141 Å². The van der Waals surface area contributed by atoms with Gasteiger partial charge in [0.05, 0.1) is 40.9 Å². The largest absolute Gasteiger partial charge is 0.452 e. The van der Waals surface area contributed by atoms with E-state index in [4.69, 9.17) is 27.9 Å². The van der Waals surface area contributed by atoms with Crippen LogP contribution in [0.3, 0.4) is 0 Å². The van der Waals surface area contributed by atoms with E-state index in [-0.39, 0.29) is 28.2 Å². The van der Waals surface area contributed by atoms with Crippen LogP contribution in [-0.4, -0.2) is 70.2 Å². The summed E-state index contributed by atoms with van der Waals surface area (Å²) in [5.74, 6) is -2.29. The molecule has 5 rings (SSSR count). The molecule has 0 radical (unpaired) electrons. The second-order valence-corrected chi connectivity index (χ2v) is 12.5. The van der Waals surface area contributed by atoms with E-state index in [1.165, 1.54) is 24.3 Å². The van der Waals surface area contributed by atoms with E-state index in [0.717, 1.165) is 5.56 Å². The van der Waals surface area contributed by atoms with Gasteiger partial charge in [-0.1, -0.05) is 72.3 Å². The Kier molecular flexibility index (Phi) is 11.3. The summed E-state index contributed by atoms with van der Waals surface area (Å²) < 4.78 is 60.1. The molecule has 0 aliphatic carbocycles. The summed E-state index contributed by atoms with van der Waals surface area (Å²) in [6, 6.07) is 30.6. The summed E-state index contributed by atoms with van der Waals surface area (Å²) >= 11 is 0. The summed E-state index contributed by atoms with van der Waals surface area (Å²) in [6.07, 6.45) is -6.47. The van der Waals surface area contributed by atoms with E-state index < -0.39 is 65.3 Å². The molecule has 48 heavy (non-hydrogen) atoms. The molecule has 11 nitrogen and oxygen atoms in total. The van der Waals surface area contributed by atoms with Gasteiger partial charge in [-0.2, -0.15) is 8.42 Å². The molecule has 0 bridgehead atoms. The molecule has 5 atom stereocenters. The lowest BCUT2D eigenvalue weighted by atomic mass is 9.98. The molecule has 1 fully saturated rings. The number of carbonyl (C=O) groups excluding carboxylic acids is 3. The average molecular weight is 675 g/mol. The molecule has 1 saturated heterocycles. The molecule has 0 amide bonds. The fraction of sp³-hybridized carbons (Fsp3) is 0.250. The zero-order valence-corrected chi connectivity index (χ0v) is 27.0. The maximum Gasteiger partial charge on any atom is 0.338 e. The lowest BCUT2D eigenvalue weighted by molar-refractivity contribution is -0.291. The number of hydrogen-bond acceptors (Lipinski definition) is 11. The third-order valence-corrected chi connectivity index (χ3v) is 8.73. The van der Waals surface area contributed by atoms with E-state index >= 15 is 0 Å². The lowest BCUT2D eigenvalue weighted by Crippen LogP contribution is -2.61. The second kappa shape index (κ2) is 15.8. The molecule has 4 aromatic carbocycles. The fourth-order valence-electron chi connectivity index (χ4n) is 4.91. The molecule has 1 aliphatic heterocycles. The Morgan fingerprint density at radius 2 is 1.04 bits per heavy atom. The molecule has 0 spiro atoms. The first-order valence-electron chi connectivity index (χ1n) is 15.1. The van der Waals surface area contributed by atoms with E-state index in [1.807, 2.05) is 6.92 Å². The van der Waals surface area contributed by atoms with Crippen molar-refractivity contribution in [2.45, 2.75) is 49.4 Å². The van der Waals surface area contributed by atoms with Crippen LogP contribution in [0.1, 0.15) is 43.6 Å². The standard InChI is InChI=1S/C36H34O11S/c1-24-18-20-29(21-19-24)48(40,41)43-23-22-42-36-32(47-35(39)28-16-10-5-11-17-28)31(46-34(38)27-14-8-4-9-15-27)30(25(2)44-36)45-33(37)26-12-6-3-7-13-26/h3-21,25,30-32,36H,22-23H2,1-2H3/t25-,30+,31+,32-,36?/m0/s1. The number of carbonyl (C=O) groups is 3. The molecular formula is C36H34O11S. The van der Waals surface area contributed by atoms with E-state index in [1.54, 1.807) is 97.9 Å². The quantitative estimate of drug-likeness (QED) is 0.0854. The van der Waals surface area contributed by atoms with Crippen LogP contribution in [0.15, 0.2) is 120 Å². The van der Waals surface area contributed by atoms with Crippen LogP contribution in [0, 0.1) is 6.92 Å². The molecule has 1 unspecified atom stereocenters. The number of rotatable bonds is 12. The van der Waals surface area contributed by atoms with Gasteiger partial charge in [-0.05, 0) is 62.4 Å². The van der Waals surface area contributed by atoms with Gasteiger partial charge >= 0.3 is 17.9 Å². The average Bonchev–Trinajstić information content (AvgIpc) is 3.10. The minimum atomic E-state index is -4.10. The van der Waals surface area contributed by atoms with Crippen molar-refractivity contribution in [2.75, 3.05) is 13.2 Å². The predicted molar refractivity (Wildman–Crippen MR) is 172 cm³/mol. The lowest BCUT2D eigenvalue weighted by Gasteiger charge is -2.43. The first-order chi connectivity index (χ1) is 23.1. The van der Waals surface area contributed by atoms with Crippen molar-refractivity contribution in [3.05, 3.63) is 138 Å². The number of hydrogen-bond donors (Lipinski definition) is 0. The van der Waals surface area contributed by atoms with Crippen LogP contribution in [0.25, 0.3) is 0 Å². The van der Waals surface area contributed by atoms with Gasteiger partial charge in [0.15, 0.2) is 24.6 Å². The Bertz CT molecular complexity index is 1780. The van der Waals surface area contributed by atoms with Crippen LogP contribution < -0.4 is 0 Å². The summed E-state index contributed by atoms with van der Waals surface area (Å²) in [6.45, 7) is 2.67. The molecular weight excluding hydrogens is 640 g/mol. The fourth-order valence-corrected chi connectivity index (χ4v) is 5.80. The highest BCUT2D eigenvalue weighted by Gasteiger charge is 2.52. The normalized spacial score (nSPS) is 20.8. The maximum absolute atomic E-state index is 13.4. The minimum Gasteiger partial charge on any atom is -0.452 e. The van der Waals surface area contributed by atoms with Crippen molar-refractivity contribution >= 4 is 28.0 Å². The van der Waals surface area contributed by atoms with Crippen LogP contribution in [0.4, 0.5) is 0 Å². The Labute approximate surface area is 278 Å². The zero-order chi connectivity index (χ0) is 34.1. The van der Waals surface area contributed by atoms with Gasteiger partial charge in [0.1, 0.15) is 0 Å². The van der Waals surface area contributed by atoms with Gasteiger partial charge in [-0.15, -0.1) is 0 Å². The molecule has 0 saturated carbocycles. The van der Waals surface area contributed by atoms with Gasteiger partial charge in [-0.25, -0.2) is 14.4 Å². The van der Waals surface area contributed by atoms with Crippen molar-refractivity contribution in [1.29, 1.82) is 0 Å². The van der Waals surface area contributed by atoms with E-state index in [9.17, 15) is 22.8 Å². The van der Waals surface area contributed by atoms with Gasteiger partial charge < -0.3 is 23.7 Å². The smallest absolute Gasteiger partial charge is 0.338 e. The minimum absolute atomic E-state index is 0.0266. The number of ether oxygens (including phenoxy) is 5. The Morgan fingerprint density at radius 1 is 0.604 bits per heavy atom. The van der Waals surface area contributed by atoms with E-state index in [2.05, 4.69) is 0 Å². The van der Waals surface area contributed by atoms with Gasteiger partial charge in [0, 0.05) is 0 Å². The van der Waals surface area contributed by atoms with Crippen LogP contribution >= 0.6 is 0 Å². The Morgan fingerprint density at radius 3 is 1.52 bits per heavy atom. The highest BCUT2D eigenvalue weighted by Crippen LogP contribution is 2.31. The number of aryl methyl sites for hydroxylation is 1. The monoisotopic (exact) mass is 674 g/mol. The zero-order valence-electron chi connectivity index (χ0n) is 26.2. The molecule has 0 N–H and O–H groups in total. The van der Waals surface area contributed by atoms with Crippen LogP contribution in [0.2, 0.25) is 0 Å². The van der Waals surface area contributed by atoms with Gasteiger partial charge in [0.25, 0.3) is 10.1 Å². The SMILES string of the molecule is Cc1ccc(S(=O)(=O)OCCOC2O[C@@H](C)[C@@H](OC(=O)c3ccccc3)[C@@H](OC(=O)c3ccccc3)[C@@H]2OC(=O)c2ccccc2)cc1. The second-order valence-electron chi connectivity index (χ2n) is 10.9. The van der Waals surface area contributed by atoms with Crippen molar-refractivity contribution in [2.24, 2.45) is 0 Å². The van der Waals surface area contributed by atoms with Gasteiger partial charge in [0.2, 0.25) is 0 Å². The number of esters is 3. The maximum atomic E-state index is 13.4. The summed E-state index contributed by atoms with van der Waals surface area (Å²) in [7, 11) is -4.10. The highest BCUT2D eigenvalue weighted by atomic mass is 32.2. The van der Waals surface area contributed by atoms with Crippen molar-refractivity contribution in [3.8, 4) is 0 Å². The summed E-state index contributed by atoms with van der Waals surface area (Å²) in [5.41, 5.74) is 1.51. The molecule has 1 heterocycles. The van der Waals surface area contributed by atoms with Crippen LogP contribution in [-0.2, 0) is 38.0 Å². The molecule has 4 aromatic rings. The van der Waals surface area contributed by atoms with Crippen molar-refractivity contribution < 1.29 is 50.7 Å². The first-order valence-corrected chi connectivity index (χ1v) is 16.5. The predicted octanol–water partition coefficient (Wildman–Crippen LogP) is 5.14. The summed E-state index contributed by atoms with van der Waals surface area (Å²) in [5, 5.41) is 0.